The van der Waals surface area contributed by atoms with E-state index < -0.39 is 0 Å². The van der Waals surface area contributed by atoms with E-state index in [0.717, 1.165) is 11.3 Å². The molecular weight excluding hydrogens is 190 g/mol. The third kappa shape index (κ3) is 2.72. The van der Waals surface area contributed by atoms with Crippen molar-refractivity contribution in [2.24, 2.45) is 10.6 Å². The molecule has 1 aromatic rings. The molecule has 0 saturated heterocycles. The summed E-state index contributed by atoms with van der Waals surface area (Å²) in [6.45, 7) is 6.02. The summed E-state index contributed by atoms with van der Waals surface area (Å²) in [6.07, 6.45) is 0. The fraction of sp³-hybridized carbons (Fsp3) is 0.417. The molecule has 1 rings (SSSR count). The fourth-order valence-corrected chi connectivity index (χ4v) is 1.39. The van der Waals surface area contributed by atoms with Crippen LogP contribution in [0.25, 0.3) is 0 Å². The van der Waals surface area contributed by atoms with Gasteiger partial charge in [0.25, 0.3) is 0 Å². The highest BCUT2D eigenvalue weighted by Gasteiger charge is 2.21. The summed E-state index contributed by atoms with van der Waals surface area (Å²) >= 11 is 0. The Morgan fingerprint density at radius 1 is 1.20 bits per heavy atom. The largest absolute Gasteiger partial charge is 0.497 e. The number of ether oxygens (including phenoxy) is 1. The van der Waals surface area contributed by atoms with Crippen LogP contribution in [-0.2, 0) is 0 Å². The standard InChI is InChI=1S/C12H17NO2/c1-12(2,3)11(13-14)9-5-7-10(15-4)8-6-9/h5-8,14H,1-4H3. The first-order valence-corrected chi connectivity index (χ1v) is 4.86. The second-order valence-corrected chi connectivity index (χ2v) is 4.43. The van der Waals surface area contributed by atoms with Gasteiger partial charge in [-0.2, -0.15) is 0 Å². The zero-order valence-corrected chi connectivity index (χ0v) is 9.61. The van der Waals surface area contributed by atoms with E-state index in [1.165, 1.54) is 0 Å². The van der Waals surface area contributed by atoms with Gasteiger partial charge in [-0.25, -0.2) is 0 Å². The van der Waals surface area contributed by atoms with Crippen molar-refractivity contribution < 1.29 is 9.94 Å². The van der Waals surface area contributed by atoms with E-state index in [9.17, 15) is 0 Å². The molecule has 82 valence electrons. The first kappa shape index (κ1) is 11.6. The van der Waals surface area contributed by atoms with Gasteiger partial charge in [-0.1, -0.05) is 25.9 Å². The summed E-state index contributed by atoms with van der Waals surface area (Å²) in [5.74, 6) is 0.796. The van der Waals surface area contributed by atoms with Crippen LogP contribution in [0.15, 0.2) is 29.4 Å². The van der Waals surface area contributed by atoms with Crippen molar-refractivity contribution in [1.82, 2.24) is 0 Å². The minimum absolute atomic E-state index is 0.177. The molecule has 0 aliphatic rings. The van der Waals surface area contributed by atoms with Crippen molar-refractivity contribution in [3.05, 3.63) is 29.8 Å². The molecule has 1 N–H and O–H groups in total. The number of hydrogen-bond acceptors (Lipinski definition) is 3. The van der Waals surface area contributed by atoms with Crippen molar-refractivity contribution in [3.8, 4) is 5.75 Å². The highest BCUT2D eigenvalue weighted by Crippen LogP contribution is 2.23. The third-order valence-corrected chi connectivity index (χ3v) is 2.17. The molecule has 0 atom stereocenters. The molecule has 0 aliphatic heterocycles. The summed E-state index contributed by atoms with van der Waals surface area (Å²) < 4.78 is 5.07. The van der Waals surface area contributed by atoms with Crippen LogP contribution < -0.4 is 4.74 Å². The zero-order chi connectivity index (χ0) is 11.5. The van der Waals surface area contributed by atoms with Gasteiger partial charge >= 0.3 is 0 Å². The normalized spacial score (nSPS) is 12.7. The van der Waals surface area contributed by atoms with Gasteiger partial charge in [0.1, 0.15) is 5.75 Å². The van der Waals surface area contributed by atoms with E-state index in [1.807, 2.05) is 45.0 Å². The van der Waals surface area contributed by atoms with Crippen LogP contribution in [0.2, 0.25) is 0 Å². The molecule has 0 fully saturated rings. The first-order valence-electron chi connectivity index (χ1n) is 4.86. The number of nitrogens with zero attached hydrogens (tertiary/aromatic N) is 1. The van der Waals surface area contributed by atoms with Crippen LogP contribution in [0, 0.1) is 5.41 Å². The average Bonchev–Trinajstić information content (AvgIpc) is 2.18. The Hall–Kier alpha value is -1.51. The van der Waals surface area contributed by atoms with Crippen LogP contribution in [-0.4, -0.2) is 18.0 Å². The zero-order valence-electron chi connectivity index (χ0n) is 9.61. The maximum absolute atomic E-state index is 9.00. The molecule has 3 nitrogen and oxygen atoms in total. The maximum Gasteiger partial charge on any atom is 0.118 e. The number of oxime groups is 1. The van der Waals surface area contributed by atoms with Gasteiger partial charge in [0.05, 0.1) is 12.8 Å². The fourth-order valence-electron chi connectivity index (χ4n) is 1.39. The number of benzene rings is 1. The lowest BCUT2D eigenvalue weighted by Crippen LogP contribution is -2.21. The predicted molar refractivity (Wildman–Crippen MR) is 60.8 cm³/mol. The highest BCUT2D eigenvalue weighted by atomic mass is 16.5. The molecule has 0 radical (unpaired) electrons. The van der Waals surface area contributed by atoms with E-state index >= 15 is 0 Å². The molecular formula is C12H17NO2. The van der Waals surface area contributed by atoms with Gasteiger partial charge in [0.2, 0.25) is 0 Å². The molecule has 0 amide bonds. The Balaban J connectivity index is 3.05. The van der Waals surface area contributed by atoms with Crippen molar-refractivity contribution >= 4 is 5.71 Å². The average molecular weight is 207 g/mol. The van der Waals surface area contributed by atoms with E-state index in [1.54, 1.807) is 7.11 Å². The Labute approximate surface area is 90.4 Å². The number of rotatable bonds is 2. The first-order chi connectivity index (χ1) is 6.99. The van der Waals surface area contributed by atoms with E-state index in [4.69, 9.17) is 9.94 Å². The number of methoxy groups -OCH3 is 1. The third-order valence-electron chi connectivity index (χ3n) is 2.17. The summed E-state index contributed by atoms with van der Waals surface area (Å²) in [6, 6.07) is 7.48. The van der Waals surface area contributed by atoms with Crippen LogP contribution >= 0.6 is 0 Å². The second-order valence-electron chi connectivity index (χ2n) is 4.43. The highest BCUT2D eigenvalue weighted by molar-refractivity contribution is 6.03. The second kappa shape index (κ2) is 4.34. The summed E-state index contributed by atoms with van der Waals surface area (Å²) in [5.41, 5.74) is 1.40. The molecule has 15 heavy (non-hydrogen) atoms. The van der Waals surface area contributed by atoms with Gasteiger partial charge in [-0.3, -0.25) is 0 Å². The van der Waals surface area contributed by atoms with Crippen LogP contribution in [0.5, 0.6) is 5.75 Å². The Bertz CT molecular complexity index is 347. The summed E-state index contributed by atoms with van der Waals surface area (Å²) in [5, 5.41) is 12.4. The van der Waals surface area contributed by atoms with E-state index in [2.05, 4.69) is 5.16 Å². The Morgan fingerprint density at radius 3 is 2.07 bits per heavy atom. The molecule has 0 saturated carbocycles. The Morgan fingerprint density at radius 2 is 1.73 bits per heavy atom. The summed E-state index contributed by atoms with van der Waals surface area (Å²) in [4.78, 5) is 0. The lowest BCUT2D eigenvalue weighted by molar-refractivity contribution is 0.311. The number of hydrogen-bond donors (Lipinski definition) is 1. The van der Waals surface area contributed by atoms with Crippen molar-refractivity contribution in [3.63, 3.8) is 0 Å². The smallest absolute Gasteiger partial charge is 0.118 e. The van der Waals surface area contributed by atoms with Gasteiger partial charge in [-0.15, -0.1) is 0 Å². The quantitative estimate of drug-likeness (QED) is 0.460. The van der Waals surface area contributed by atoms with Crippen LogP contribution in [0.4, 0.5) is 0 Å². The van der Waals surface area contributed by atoms with Gasteiger partial charge in [-0.05, 0) is 24.3 Å². The molecule has 0 bridgehead atoms. The molecule has 0 aromatic heterocycles. The molecule has 1 aromatic carbocycles. The maximum atomic E-state index is 9.00. The predicted octanol–water partition coefficient (Wildman–Crippen LogP) is 2.92. The van der Waals surface area contributed by atoms with E-state index in [0.29, 0.717) is 5.71 Å². The minimum Gasteiger partial charge on any atom is -0.497 e. The topological polar surface area (TPSA) is 41.8 Å². The van der Waals surface area contributed by atoms with Crippen molar-refractivity contribution in [2.45, 2.75) is 20.8 Å². The van der Waals surface area contributed by atoms with Gasteiger partial charge in [0.15, 0.2) is 0 Å². The molecule has 3 heteroatoms. The van der Waals surface area contributed by atoms with Crippen LogP contribution in [0.3, 0.4) is 0 Å². The molecule has 0 heterocycles. The molecule has 0 aliphatic carbocycles. The van der Waals surface area contributed by atoms with Crippen molar-refractivity contribution in [2.75, 3.05) is 7.11 Å². The minimum atomic E-state index is -0.177. The molecule has 0 unspecified atom stereocenters. The van der Waals surface area contributed by atoms with Crippen LogP contribution in [0.1, 0.15) is 26.3 Å². The monoisotopic (exact) mass is 207 g/mol. The lowest BCUT2D eigenvalue weighted by Gasteiger charge is -2.20. The van der Waals surface area contributed by atoms with E-state index in [-0.39, 0.29) is 5.41 Å². The lowest BCUT2D eigenvalue weighted by atomic mass is 9.86. The summed E-state index contributed by atoms with van der Waals surface area (Å²) in [7, 11) is 1.62. The SMILES string of the molecule is COc1ccc(C(=NO)C(C)(C)C)cc1. The molecule has 0 spiro atoms. The Kier molecular flexibility index (Phi) is 3.35. The van der Waals surface area contributed by atoms with Crippen molar-refractivity contribution in [1.29, 1.82) is 0 Å². The van der Waals surface area contributed by atoms with Gasteiger partial charge in [0, 0.05) is 11.0 Å². The van der Waals surface area contributed by atoms with Gasteiger partial charge < -0.3 is 9.94 Å².